The average molecular weight is 274 g/mol. The van der Waals surface area contributed by atoms with Gasteiger partial charge in [0, 0.05) is 26.7 Å². The lowest BCUT2D eigenvalue weighted by atomic mass is 10.2. The molecule has 0 aromatic heterocycles. The average Bonchev–Trinajstić information content (AvgIpc) is 2.41. The van der Waals surface area contributed by atoms with Crippen molar-refractivity contribution in [1.82, 2.24) is 10.2 Å². The van der Waals surface area contributed by atoms with Crippen molar-refractivity contribution in [2.24, 2.45) is 0 Å². The zero-order valence-electron chi connectivity index (χ0n) is 12.2. The molecule has 112 valence electrons. The van der Waals surface area contributed by atoms with Gasteiger partial charge in [0.25, 0.3) is 0 Å². The van der Waals surface area contributed by atoms with Gasteiger partial charge >= 0.3 is 6.03 Å². The first-order valence-corrected chi connectivity index (χ1v) is 6.92. The van der Waals surface area contributed by atoms with Gasteiger partial charge in [0.15, 0.2) is 0 Å². The standard InChI is InChI=1S/C13H26N2O4/c1-4-12-10-15(9-11(2)19-12)13(16)14-5-6-18-8-7-17-3/h11-12H,4-10H2,1-3H3,(H,14,16)/t11-,12+/m1/s1. The topological polar surface area (TPSA) is 60.0 Å². The summed E-state index contributed by atoms with van der Waals surface area (Å²) in [5, 5.41) is 2.86. The van der Waals surface area contributed by atoms with E-state index >= 15 is 0 Å². The van der Waals surface area contributed by atoms with Crippen LogP contribution in [0.15, 0.2) is 0 Å². The fourth-order valence-electron chi connectivity index (χ4n) is 2.02. The zero-order valence-corrected chi connectivity index (χ0v) is 12.2. The van der Waals surface area contributed by atoms with E-state index in [9.17, 15) is 4.79 Å². The summed E-state index contributed by atoms with van der Waals surface area (Å²) in [5.41, 5.74) is 0. The van der Waals surface area contributed by atoms with Crippen LogP contribution in [0.1, 0.15) is 20.3 Å². The highest BCUT2D eigenvalue weighted by Crippen LogP contribution is 2.13. The van der Waals surface area contributed by atoms with Crippen LogP contribution in [0.5, 0.6) is 0 Å². The Morgan fingerprint density at radius 3 is 2.84 bits per heavy atom. The van der Waals surface area contributed by atoms with Crippen LogP contribution in [0.3, 0.4) is 0 Å². The van der Waals surface area contributed by atoms with E-state index in [1.165, 1.54) is 0 Å². The predicted molar refractivity (Wildman–Crippen MR) is 72.3 cm³/mol. The van der Waals surface area contributed by atoms with Gasteiger partial charge in [-0.15, -0.1) is 0 Å². The summed E-state index contributed by atoms with van der Waals surface area (Å²) in [5.74, 6) is 0. The van der Waals surface area contributed by atoms with Gasteiger partial charge in [0.2, 0.25) is 0 Å². The summed E-state index contributed by atoms with van der Waals surface area (Å²) in [6.45, 7) is 7.53. The van der Waals surface area contributed by atoms with Crippen LogP contribution in [0, 0.1) is 0 Å². The van der Waals surface area contributed by atoms with Crippen LogP contribution < -0.4 is 5.32 Å². The third-order valence-corrected chi connectivity index (χ3v) is 3.02. The largest absolute Gasteiger partial charge is 0.382 e. The monoisotopic (exact) mass is 274 g/mol. The van der Waals surface area contributed by atoms with Crippen LogP contribution in [0.25, 0.3) is 0 Å². The molecule has 1 fully saturated rings. The number of hydrogen-bond donors (Lipinski definition) is 1. The zero-order chi connectivity index (χ0) is 14.1. The molecule has 0 saturated carbocycles. The van der Waals surface area contributed by atoms with Crippen LogP contribution in [0.4, 0.5) is 4.79 Å². The molecule has 0 aliphatic carbocycles. The molecule has 1 heterocycles. The Hall–Kier alpha value is -0.850. The van der Waals surface area contributed by atoms with E-state index < -0.39 is 0 Å². The number of amides is 2. The molecule has 6 nitrogen and oxygen atoms in total. The number of ether oxygens (including phenoxy) is 3. The summed E-state index contributed by atoms with van der Waals surface area (Å²) in [4.78, 5) is 13.8. The second-order valence-electron chi connectivity index (χ2n) is 4.72. The van der Waals surface area contributed by atoms with E-state index in [1.807, 2.05) is 11.8 Å². The molecule has 1 saturated heterocycles. The third-order valence-electron chi connectivity index (χ3n) is 3.02. The number of rotatable bonds is 7. The molecule has 0 aromatic rings. The molecular weight excluding hydrogens is 248 g/mol. The molecule has 1 aliphatic rings. The van der Waals surface area contributed by atoms with Crippen LogP contribution in [0.2, 0.25) is 0 Å². The van der Waals surface area contributed by atoms with Crippen molar-refractivity contribution in [3.05, 3.63) is 0 Å². The van der Waals surface area contributed by atoms with E-state index in [-0.39, 0.29) is 18.2 Å². The molecule has 0 bridgehead atoms. The lowest BCUT2D eigenvalue weighted by Crippen LogP contribution is -2.52. The summed E-state index contributed by atoms with van der Waals surface area (Å²) in [7, 11) is 1.63. The minimum absolute atomic E-state index is 0.0380. The molecule has 1 rings (SSSR count). The van der Waals surface area contributed by atoms with Crippen molar-refractivity contribution < 1.29 is 19.0 Å². The Labute approximate surface area is 115 Å². The molecule has 2 atom stereocenters. The number of morpholine rings is 1. The maximum atomic E-state index is 12.0. The normalized spacial score (nSPS) is 23.4. The van der Waals surface area contributed by atoms with Gasteiger partial charge in [-0.2, -0.15) is 0 Å². The molecule has 0 spiro atoms. The van der Waals surface area contributed by atoms with E-state index in [1.54, 1.807) is 7.11 Å². The Kier molecular flexibility index (Phi) is 7.78. The van der Waals surface area contributed by atoms with Gasteiger partial charge in [-0.1, -0.05) is 6.92 Å². The van der Waals surface area contributed by atoms with Gasteiger partial charge in [0.05, 0.1) is 32.0 Å². The van der Waals surface area contributed by atoms with E-state index in [0.717, 1.165) is 6.42 Å². The molecule has 0 aromatic carbocycles. The Balaban J connectivity index is 2.17. The van der Waals surface area contributed by atoms with Crippen molar-refractivity contribution in [2.45, 2.75) is 32.5 Å². The molecule has 2 amide bonds. The van der Waals surface area contributed by atoms with Gasteiger partial charge < -0.3 is 24.4 Å². The van der Waals surface area contributed by atoms with Crippen molar-refractivity contribution in [3.63, 3.8) is 0 Å². The van der Waals surface area contributed by atoms with Crippen LogP contribution in [-0.2, 0) is 14.2 Å². The van der Waals surface area contributed by atoms with Gasteiger partial charge in [-0.05, 0) is 13.3 Å². The third kappa shape index (κ3) is 6.22. The number of carbonyl (C=O) groups excluding carboxylic acids is 1. The minimum atomic E-state index is -0.0380. The summed E-state index contributed by atoms with van der Waals surface area (Å²) < 4.78 is 15.9. The number of urea groups is 1. The first-order chi connectivity index (χ1) is 9.17. The van der Waals surface area contributed by atoms with Crippen LogP contribution in [-0.4, -0.2) is 69.7 Å². The quantitative estimate of drug-likeness (QED) is 0.700. The molecule has 6 heteroatoms. The molecule has 19 heavy (non-hydrogen) atoms. The second kappa shape index (κ2) is 9.12. The van der Waals surface area contributed by atoms with Gasteiger partial charge in [-0.3, -0.25) is 0 Å². The van der Waals surface area contributed by atoms with Crippen molar-refractivity contribution >= 4 is 6.03 Å². The van der Waals surface area contributed by atoms with Crippen molar-refractivity contribution in [2.75, 3.05) is 46.6 Å². The summed E-state index contributed by atoms with van der Waals surface area (Å²) in [6, 6.07) is -0.0380. The first kappa shape index (κ1) is 16.2. The fourth-order valence-corrected chi connectivity index (χ4v) is 2.02. The minimum Gasteiger partial charge on any atom is -0.382 e. The maximum absolute atomic E-state index is 12.0. The summed E-state index contributed by atoms with van der Waals surface area (Å²) in [6.07, 6.45) is 1.17. The Morgan fingerprint density at radius 2 is 2.16 bits per heavy atom. The lowest BCUT2D eigenvalue weighted by molar-refractivity contribution is -0.0647. The molecule has 1 N–H and O–H groups in total. The fraction of sp³-hybridized carbons (Fsp3) is 0.923. The first-order valence-electron chi connectivity index (χ1n) is 6.92. The van der Waals surface area contributed by atoms with Crippen molar-refractivity contribution in [1.29, 1.82) is 0 Å². The van der Waals surface area contributed by atoms with E-state index in [0.29, 0.717) is 39.5 Å². The highest BCUT2D eigenvalue weighted by molar-refractivity contribution is 5.74. The molecule has 0 radical (unpaired) electrons. The highest BCUT2D eigenvalue weighted by Gasteiger charge is 2.26. The number of carbonyl (C=O) groups is 1. The lowest BCUT2D eigenvalue weighted by Gasteiger charge is -2.36. The van der Waals surface area contributed by atoms with Crippen LogP contribution >= 0.6 is 0 Å². The summed E-state index contributed by atoms with van der Waals surface area (Å²) >= 11 is 0. The molecular formula is C13H26N2O4. The van der Waals surface area contributed by atoms with E-state index in [2.05, 4.69) is 12.2 Å². The maximum Gasteiger partial charge on any atom is 0.317 e. The van der Waals surface area contributed by atoms with Gasteiger partial charge in [-0.25, -0.2) is 4.79 Å². The Bertz CT molecular complexity index is 263. The number of hydrogen-bond acceptors (Lipinski definition) is 4. The predicted octanol–water partition coefficient (Wildman–Crippen LogP) is 0.858. The van der Waals surface area contributed by atoms with E-state index in [4.69, 9.17) is 14.2 Å². The number of nitrogens with one attached hydrogen (secondary N) is 1. The van der Waals surface area contributed by atoms with Crippen molar-refractivity contribution in [3.8, 4) is 0 Å². The SMILES string of the molecule is CC[C@H]1CN(C(=O)NCCOCCOC)C[C@@H](C)O1. The smallest absolute Gasteiger partial charge is 0.317 e. The molecule has 0 unspecified atom stereocenters. The molecule has 1 aliphatic heterocycles. The highest BCUT2D eigenvalue weighted by atomic mass is 16.5. The Morgan fingerprint density at radius 1 is 1.37 bits per heavy atom. The van der Waals surface area contributed by atoms with Gasteiger partial charge in [0.1, 0.15) is 0 Å². The number of nitrogens with zero attached hydrogens (tertiary/aromatic N) is 1. The number of methoxy groups -OCH3 is 1. The second-order valence-corrected chi connectivity index (χ2v) is 4.72.